The number of β-amino-alcohol motifs (C(OH)–C–C–N with tert-alkyl or cyclic N) is 1. The lowest BCUT2D eigenvalue weighted by Gasteiger charge is -2.34. The summed E-state index contributed by atoms with van der Waals surface area (Å²) in [6, 6.07) is 0. The number of ether oxygens (including phenoxy) is 1. The Hall–Kier alpha value is -1.14. The second-order valence-corrected chi connectivity index (χ2v) is 5.71. The zero-order valence-electron chi connectivity index (χ0n) is 12.1. The summed E-state index contributed by atoms with van der Waals surface area (Å²) in [6.45, 7) is 3.08. The van der Waals surface area contributed by atoms with Crippen molar-refractivity contribution in [2.24, 2.45) is 5.92 Å². The van der Waals surface area contributed by atoms with Gasteiger partial charge in [0, 0.05) is 19.6 Å². The molecule has 2 saturated heterocycles. The molecule has 2 heterocycles. The molecule has 2 fully saturated rings. The zero-order chi connectivity index (χ0) is 14.5. The number of hydrogen-bond acceptors (Lipinski definition) is 5. The van der Waals surface area contributed by atoms with Crippen molar-refractivity contribution in [3.05, 3.63) is 0 Å². The minimum Gasteiger partial charge on any atom is -0.469 e. The molecule has 2 rings (SSSR count). The average Bonchev–Trinajstić information content (AvgIpc) is 2.46. The average molecular weight is 284 g/mol. The highest BCUT2D eigenvalue weighted by molar-refractivity contribution is 5.79. The van der Waals surface area contributed by atoms with E-state index in [0.29, 0.717) is 39.0 Å². The molecule has 20 heavy (non-hydrogen) atoms. The van der Waals surface area contributed by atoms with Crippen LogP contribution >= 0.6 is 0 Å². The largest absolute Gasteiger partial charge is 0.469 e. The Morgan fingerprint density at radius 1 is 1.20 bits per heavy atom. The van der Waals surface area contributed by atoms with Gasteiger partial charge in [-0.1, -0.05) is 0 Å². The van der Waals surface area contributed by atoms with E-state index in [0.717, 1.165) is 19.4 Å². The fraction of sp³-hybridized carbons (Fsp3) is 0.857. The summed E-state index contributed by atoms with van der Waals surface area (Å²) in [4.78, 5) is 27.5. The molecule has 0 aliphatic carbocycles. The normalized spacial score (nSPS) is 25.5. The minimum absolute atomic E-state index is 0.0686. The predicted octanol–water partition coefficient (Wildman–Crippen LogP) is -0.145. The van der Waals surface area contributed by atoms with Crippen LogP contribution in [0.5, 0.6) is 0 Å². The van der Waals surface area contributed by atoms with Gasteiger partial charge >= 0.3 is 5.97 Å². The zero-order valence-corrected chi connectivity index (χ0v) is 12.1. The number of piperidine rings is 2. The van der Waals surface area contributed by atoms with E-state index in [1.165, 1.54) is 7.11 Å². The van der Waals surface area contributed by atoms with Crippen LogP contribution in [0.2, 0.25) is 0 Å². The van der Waals surface area contributed by atoms with Gasteiger partial charge in [0.2, 0.25) is 5.91 Å². The van der Waals surface area contributed by atoms with Gasteiger partial charge in [0.1, 0.15) is 0 Å². The van der Waals surface area contributed by atoms with Gasteiger partial charge in [0.05, 0.1) is 25.7 Å². The fourth-order valence-electron chi connectivity index (χ4n) is 3.00. The molecule has 2 aliphatic rings. The number of methoxy groups -OCH3 is 1. The monoisotopic (exact) mass is 284 g/mol. The molecule has 0 saturated carbocycles. The van der Waals surface area contributed by atoms with Crippen LogP contribution in [0, 0.1) is 5.92 Å². The van der Waals surface area contributed by atoms with Crippen LogP contribution in [0.25, 0.3) is 0 Å². The van der Waals surface area contributed by atoms with Crippen molar-refractivity contribution < 1.29 is 19.4 Å². The lowest BCUT2D eigenvalue weighted by molar-refractivity contribution is -0.149. The molecule has 6 heteroatoms. The van der Waals surface area contributed by atoms with E-state index in [1.807, 2.05) is 9.80 Å². The van der Waals surface area contributed by atoms with Crippen LogP contribution in [0.1, 0.15) is 25.7 Å². The van der Waals surface area contributed by atoms with E-state index >= 15 is 0 Å². The second-order valence-electron chi connectivity index (χ2n) is 5.71. The molecule has 6 nitrogen and oxygen atoms in total. The topological polar surface area (TPSA) is 70.1 Å². The Labute approximate surface area is 119 Å². The van der Waals surface area contributed by atoms with E-state index in [4.69, 9.17) is 4.74 Å². The highest BCUT2D eigenvalue weighted by Gasteiger charge is 2.29. The summed E-state index contributed by atoms with van der Waals surface area (Å²) in [7, 11) is 1.40. The molecule has 1 atom stereocenters. The number of amides is 1. The van der Waals surface area contributed by atoms with Gasteiger partial charge in [-0.2, -0.15) is 0 Å². The van der Waals surface area contributed by atoms with Gasteiger partial charge in [0.15, 0.2) is 0 Å². The lowest BCUT2D eigenvalue weighted by Crippen LogP contribution is -2.48. The first-order valence-electron chi connectivity index (χ1n) is 7.36. The van der Waals surface area contributed by atoms with Crippen molar-refractivity contribution in [3.63, 3.8) is 0 Å². The van der Waals surface area contributed by atoms with Crippen molar-refractivity contribution in [2.75, 3.05) is 39.8 Å². The maximum atomic E-state index is 12.2. The first-order chi connectivity index (χ1) is 9.60. The van der Waals surface area contributed by atoms with Crippen molar-refractivity contribution >= 4 is 11.9 Å². The minimum atomic E-state index is -0.304. The first-order valence-corrected chi connectivity index (χ1v) is 7.36. The number of esters is 1. The standard InChI is InChI=1S/C14H24N2O4/c1-20-14(19)11-4-7-16(8-5-11)13(18)10-15-6-2-3-12(17)9-15/h11-12,17H,2-10H2,1H3. The Bertz CT molecular complexity index is 353. The molecule has 114 valence electrons. The fourth-order valence-corrected chi connectivity index (χ4v) is 3.00. The molecule has 0 spiro atoms. The van der Waals surface area contributed by atoms with Crippen LogP contribution in [0.3, 0.4) is 0 Å². The number of aliphatic hydroxyl groups excluding tert-OH is 1. The molecular formula is C14H24N2O4. The van der Waals surface area contributed by atoms with Gasteiger partial charge in [-0.3, -0.25) is 14.5 Å². The summed E-state index contributed by atoms with van der Waals surface area (Å²) >= 11 is 0. The van der Waals surface area contributed by atoms with E-state index < -0.39 is 0 Å². The van der Waals surface area contributed by atoms with Gasteiger partial charge in [-0.05, 0) is 32.2 Å². The molecule has 1 unspecified atom stereocenters. The van der Waals surface area contributed by atoms with Gasteiger partial charge < -0.3 is 14.7 Å². The van der Waals surface area contributed by atoms with Crippen molar-refractivity contribution in [1.29, 1.82) is 0 Å². The maximum Gasteiger partial charge on any atom is 0.308 e. The van der Waals surface area contributed by atoms with E-state index in [2.05, 4.69) is 0 Å². The number of rotatable bonds is 3. The summed E-state index contributed by atoms with van der Waals surface area (Å²) in [5.41, 5.74) is 0. The second kappa shape index (κ2) is 7.04. The first kappa shape index (κ1) is 15.3. The third kappa shape index (κ3) is 3.93. The van der Waals surface area contributed by atoms with Crippen molar-refractivity contribution in [3.8, 4) is 0 Å². The third-order valence-electron chi connectivity index (χ3n) is 4.22. The SMILES string of the molecule is COC(=O)C1CCN(C(=O)CN2CCCC(O)C2)CC1. The summed E-state index contributed by atoms with van der Waals surface area (Å²) in [5, 5.41) is 9.61. The van der Waals surface area contributed by atoms with Crippen molar-refractivity contribution in [1.82, 2.24) is 9.80 Å². The number of aliphatic hydroxyl groups is 1. The summed E-state index contributed by atoms with van der Waals surface area (Å²) in [5.74, 6) is -0.139. The molecule has 1 N–H and O–H groups in total. The van der Waals surface area contributed by atoms with Crippen LogP contribution in [0.4, 0.5) is 0 Å². The number of carbonyl (C=O) groups is 2. The Morgan fingerprint density at radius 2 is 1.90 bits per heavy atom. The molecule has 2 aliphatic heterocycles. The Kier molecular flexibility index (Phi) is 5.37. The van der Waals surface area contributed by atoms with Crippen LogP contribution in [-0.2, 0) is 14.3 Å². The number of hydrogen-bond donors (Lipinski definition) is 1. The maximum absolute atomic E-state index is 12.2. The van der Waals surface area contributed by atoms with Gasteiger partial charge in [0.25, 0.3) is 0 Å². The van der Waals surface area contributed by atoms with E-state index in [9.17, 15) is 14.7 Å². The molecule has 0 aromatic rings. The number of nitrogens with zero attached hydrogens (tertiary/aromatic N) is 2. The van der Waals surface area contributed by atoms with Crippen molar-refractivity contribution in [2.45, 2.75) is 31.8 Å². The number of carbonyl (C=O) groups excluding carboxylic acids is 2. The Morgan fingerprint density at radius 3 is 2.50 bits per heavy atom. The van der Waals surface area contributed by atoms with Crippen LogP contribution < -0.4 is 0 Å². The molecule has 0 aromatic carbocycles. The summed E-state index contributed by atoms with van der Waals surface area (Å²) in [6.07, 6.45) is 2.83. The molecule has 0 bridgehead atoms. The van der Waals surface area contributed by atoms with E-state index in [-0.39, 0.29) is 23.9 Å². The van der Waals surface area contributed by atoms with Gasteiger partial charge in [-0.25, -0.2) is 0 Å². The molecule has 0 radical (unpaired) electrons. The Balaban J connectivity index is 1.75. The molecule has 0 aromatic heterocycles. The van der Waals surface area contributed by atoms with Crippen LogP contribution in [0.15, 0.2) is 0 Å². The highest BCUT2D eigenvalue weighted by Crippen LogP contribution is 2.19. The number of likely N-dealkylation sites (tertiary alicyclic amines) is 2. The highest BCUT2D eigenvalue weighted by atomic mass is 16.5. The quantitative estimate of drug-likeness (QED) is 0.730. The smallest absolute Gasteiger partial charge is 0.308 e. The third-order valence-corrected chi connectivity index (χ3v) is 4.22. The molecular weight excluding hydrogens is 260 g/mol. The lowest BCUT2D eigenvalue weighted by atomic mass is 9.97. The van der Waals surface area contributed by atoms with Crippen LogP contribution in [-0.4, -0.2) is 72.7 Å². The molecule has 1 amide bonds. The van der Waals surface area contributed by atoms with E-state index in [1.54, 1.807) is 0 Å². The predicted molar refractivity (Wildman–Crippen MR) is 73.0 cm³/mol. The van der Waals surface area contributed by atoms with Gasteiger partial charge in [-0.15, -0.1) is 0 Å². The summed E-state index contributed by atoms with van der Waals surface area (Å²) < 4.78 is 4.74.